The number of benzene rings is 1. The van der Waals surface area contributed by atoms with E-state index in [1.807, 2.05) is 11.3 Å². The summed E-state index contributed by atoms with van der Waals surface area (Å²) in [7, 11) is 0. The predicted molar refractivity (Wildman–Crippen MR) is 79.7 cm³/mol. The largest absolute Gasteiger partial charge is 0.314 e. The molecular formula is C15H19N3S. The number of thiazole rings is 1. The standard InChI is InChI=1S/C15H19N3S/c1-4-13-14(19-15(17-13)12-2-3-12)9-11(1)10-18-7-5-16-6-8-18/h1,4,9,12,16H,2-3,5-8,10H2. The van der Waals surface area contributed by atoms with Gasteiger partial charge in [0.1, 0.15) is 0 Å². The first kappa shape index (κ1) is 11.8. The molecule has 0 amide bonds. The first-order chi connectivity index (χ1) is 9.38. The van der Waals surface area contributed by atoms with Crippen molar-refractivity contribution in [3.63, 3.8) is 0 Å². The average Bonchev–Trinajstić information content (AvgIpc) is 3.20. The molecule has 0 bridgehead atoms. The van der Waals surface area contributed by atoms with E-state index < -0.39 is 0 Å². The molecule has 4 rings (SSSR count). The summed E-state index contributed by atoms with van der Waals surface area (Å²) in [6.45, 7) is 5.64. The summed E-state index contributed by atoms with van der Waals surface area (Å²) >= 11 is 1.90. The fourth-order valence-corrected chi connectivity index (χ4v) is 3.92. The van der Waals surface area contributed by atoms with E-state index in [2.05, 4.69) is 28.4 Å². The lowest BCUT2D eigenvalue weighted by Crippen LogP contribution is -2.42. The maximum atomic E-state index is 4.76. The highest BCUT2D eigenvalue weighted by Gasteiger charge is 2.26. The summed E-state index contributed by atoms with van der Waals surface area (Å²) in [5, 5.41) is 4.76. The fourth-order valence-electron chi connectivity index (χ4n) is 2.72. The van der Waals surface area contributed by atoms with Crippen molar-refractivity contribution in [2.75, 3.05) is 26.2 Å². The zero-order valence-corrected chi connectivity index (χ0v) is 11.9. The number of hydrogen-bond donors (Lipinski definition) is 1. The molecule has 1 aliphatic carbocycles. The quantitative estimate of drug-likeness (QED) is 0.931. The van der Waals surface area contributed by atoms with Gasteiger partial charge in [0.2, 0.25) is 0 Å². The lowest BCUT2D eigenvalue weighted by Gasteiger charge is -2.27. The second-order valence-corrected chi connectivity index (χ2v) is 6.72. The highest BCUT2D eigenvalue weighted by Crippen LogP contribution is 2.43. The first-order valence-corrected chi connectivity index (χ1v) is 8.02. The Morgan fingerprint density at radius 1 is 1.26 bits per heavy atom. The van der Waals surface area contributed by atoms with Gasteiger partial charge in [0, 0.05) is 38.6 Å². The van der Waals surface area contributed by atoms with Crippen LogP contribution in [-0.4, -0.2) is 36.1 Å². The Morgan fingerprint density at radius 2 is 2.11 bits per heavy atom. The molecule has 2 aromatic rings. The van der Waals surface area contributed by atoms with Crippen LogP contribution in [0.4, 0.5) is 0 Å². The van der Waals surface area contributed by atoms with Crippen molar-refractivity contribution >= 4 is 21.6 Å². The molecule has 0 spiro atoms. The van der Waals surface area contributed by atoms with Crippen LogP contribution in [0.3, 0.4) is 0 Å². The second-order valence-electron chi connectivity index (χ2n) is 5.65. The highest BCUT2D eigenvalue weighted by atomic mass is 32.1. The maximum Gasteiger partial charge on any atom is 0.0969 e. The third kappa shape index (κ3) is 2.53. The zero-order chi connectivity index (χ0) is 12.7. The third-order valence-electron chi connectivity index (χ3n) is 4.01. The Balaban J connectivity index is 1.56. The molecule has 0 atom stereocenters. The van der Waals surface area contributed by atoms with E-state index >= 15 is 0 Å². The van der Waals surface area contributed by atoms with E-state index in [1.54, 1.807) is 0 Å². The molecular weight excluding hydrogens is 254 g/mol. The number of hydrogen-bond acceptors (Lipinski definition) is 4. The van der Waals surface area contributed by atoms with Gasteiger partial charge >= 0.3 is 0 Å². The van der Waals surface area contributed by atoms with Crippen molar-refractivity contribution in [3.8, 4) is 0 Å². The Morgan fingerprint density at radius 3 is 2.89 bits per heavy atom. The van der Waals surface area contributed by atoms with Crippen LogP contribution in [-0.2, 0) is 6.54 Å². The molecule has 3 nitrogen and oxygen atoms in total. The zero-order valence-electron chi connectivity index (χ0n) is 11.1. The van der Waals surface area contributed by atoms with Crippen molar-refractivity contribution in [1.82, 2.24) is 15.2 Å². The molecule has 2 aliphatic rings. The minimum atomic E-state index is 0.772. The predicted octanol–water partition coefficient (Wildman–Crippen LogP) is 2.58. The number of fused-ring (bicyclic) bond motifs is 1. The van der Waals surface area contributed by atoms with Crippen LogP contribution < -0.4 is 5.32 Å². The van der Waals surface area contributed by atoms with Gasteiger partial charge in [0.15, 0.2) is 0 Å². The highest BCUT2D eigenvalue weighted by molar-refractivity contribution is 7.18. The molecule has 100 valence electrons. The molecule has 0 radical (unpaired) electrons. The van der Waals surface area contributed by atoms with Gasteiger partial charge < -0.3 is 5.32 Å². The Bertz CT molecular complexity index is 582. The smallest absolute Gasteiger partial charge is 0.0969 e. The summed E-state index contributed by atoms with van der Waals surface area (Å²) in [5.74, 6) is 0.772. The molecule has 2 heterocycles. The number of rotatable bonds is 3. The van der Waals surface area contributed by atoms with Gasteiger partial charge in [-0.05, 0) is 30.5 Å². The molecule has 1 aliphatic heterocycles. The van der Waals surface area contributed by atoms with Gasteiger partial charge in [-0.3, -0.25) is 4.90 Å². The Labute approximate surface area is 117 Å². The molecule has 2 fully saturated rings. The minimum absolute atomic E-state index is 0.772. The number of piperazine rings is 1. The van der Waals surface area contributed by atoms with Crippen LogP contribution in [0.5, 0.6) is 0 Å². The van der Waals surface area contributed by atoms with Crippen LogP contribution in [0, 0.1) is 0 Å². The summed E-state index contributed by atoms with van der Waals surface area (Å²) in [4.78, 5) is 7.29. The summed E-state index contributed by atoms with van der Waals surface area (Å²) < 4.78 is 1.37. The van der Waals surface area contributed by atoms with Crippen LogP contribution in [0.1, 0.15) is 29.3 Å². The summed E-state index contributed by atoms with van der Waals surface area (Å²) in [6.07, 6.45) is 2.68. The Hall–Kier alpha value is -0.970. The molecule has 1 aromatic heterocycles. The molecule has 1 saturated heterocycles. The molecule has 1 N–H and O–H groups in total. The Kier molecular flexibility index (Phi) is 3.02. The number of nitrogens with zero attached hydrogens (tertiary/aromatic N) is 2. The van der Waals surface area contributed by atoms with Crippen molar-refractivity contribution in [3.05, 3.63) is 28.8 Å². The van der Waals surface area contributed by atoms with Crippen molar-refractivity contribution in [2.24, 2.45) is 0 Å². The van der Waals surface area contributed by atoms with Crippen LogP contribution in [0.15, 0.2) is 18.2 Å². The fraction of sp³-hybridized carbons (Fsp3) is 0.533. The number of aromatic nitrogens is 1. The van der Waals surface area contributed by atoms with Gasteiger partial charge in [-0.15, -0.1) is 11.3 Å². The van der Waals surface area contributed by atoms with E-state index in [-0.39, 0.29) is 0 Å². The van der Waals surface area contributed by atoms with Gasteiger partial charge in [0.05, 0.1) is 15.2 Å². The average molecular weight is 273 g/mol. The molecule has 1 aromatic carbocycles. The van der Waals surface area contributed by atoms with Crippen LogP contribution in [0.25, 0.3) is 10.2 Å². The summed E-state index contributed by atoms with van der Waals surface area (Å²) in [6, 6.07) is 6.80. The van der Waals surface area contributed by atoms with E-state index in [9.17, 15) is 0 Å². The van der Waals surface area contributed by atoms with Crippen molar-refractivity contribution in [1.29, 1.82) is 0 Å². The first-order valence-electron chi connectivity index (χ1n) is 7.21. The van der Waals surface area contributed by atoms with Gasteiger partial charge in [-0.25, -0.2) is 4.98 Å². The van der Waals surface area contributed by atoms with Crippen LogP contribution in [0.2, 0.25) is 0 Å². The van der Waals surface area contributed by atoms with E-state index in [4.69, 9.17) is 4.98 Å². The molecule has 1 saturated carbocycles. The van der Waals surface area contributed by atoms with Gasteiger partial charge in [-0.2, -0.15) is 0 Å². The number of nitrogens with one attached hydrogen (secondary N) is 1. The van der Waals surface area contributed by atoms with E-state index in [1.165, 1.54) is 33.6 Å². The normalized spacial score (nSPS) is 21.1. The van der Waals surface area contributed by atoms with E-state index in [0.29, 0.717) is 0 Å². The van der Waals surface area contributed by atoms with Crippen LogP contribution >= 0.6 is 11.3 Å². The molecule has 0 unspecified atom stereocenters. The van der Waals surface area contributed by atoms with Crippen molar-refractivity contribution < 1.29 is 0 Å². The van der Waals surface area contributed by atoms with Crippen molar-refractivity contribution in [2.45, 2.75) is 25.3 Å². The lowest BCUT2D eigenvalue weighted by molar-refractivity contribution is 0.233. The monoisotopic (exact) mass is 273 g/mol. The minimum Gasteiger partial charge on any atom is -0.314 e. The molecule has 19 heavy (non-hydrogen) atoms. The topological polar surface area (TPSA) is 28.2 Å². The SMILES string of the molecule is c1cc2nc(C3CC3)sc2cc1CN1CCNCC1. The van der Waals surface area contributed by atoms with Gasteiger partial charge in [-0.1, -0.05) is 6.07 Å². The second kappa shape index (κ2) is 4.85. The molecule has 4 heteroatoms. The summed E-state index contributed by atoms with van der Waals surface area (Å²) in [5.41, 5.74) is 2.62. The third-order valence-corrected chi connectivity index (χ3v) is 5.19. The van der Waals surface area contributed by atoms with Gasteiger partial charge in [0.25, 0.3) is 0 Å². The van der Waals surface area contributed by atoms with E-state index in [0.717, 1.165) is 38.6 Å². The maximum absolute atomic E-state index is 4.76. The lowest BCUT2D eigenvalue weighted by atomic mass is 10.2.